The van der Waals surface area contributed by atoms with Crippen molar-refractivity contribution in [2.24, 2.45) is 0 Å². The SMILES string of the molecule is CC(Sc1ccc(Cl)cc1)C(=O)NC(C)c1ccsc1. The van der Waals surface area contributed by atoms with Crippen molar-refractivity contribution in [2.75, 3.05) is 0 Å². The number of halogens is 1. The van der Waals surface area contributed by atoms with E-state index in [0.29, 0.717) is 5.02 Å². The molecule has 0 bridgehead atoms. The Morgan fingerprint density at radius 1 is 1.25 bits per heavy atom. The molecule has 0 radical (unpaired) electrons. The molecule has 5 heteroatoms. The molecule has 1 N–H and O–H groups in total. The van der Waals surface area contributed by atoms with Crippen LogP contribution in [0.2, 0.25) is 5.02 Å². The Morgan fingerprint density at radius 2 is 1.95 bits per heavy atom. The average Bonchev–Trinajstić information content (AvgIpc) is 2.95. The number of carbonyl (C=O) groups is 1. The molecular formula is C15H16ClNOS2. The maximum Gasteiger partial charge on any atom is 0.233 e. The van der Waals surface area contributed by atoms with E-state index >= 15 is 0 Å². The zero-order chi connectivity index (χ0) is 14.5. The van der Waals surface area contributed by atoms with Gasteiger partial charge in [-0.3, -0.25) is 4.79 Å². The number of benzene rings is 1. The van der Waals surface area contributed by atoms with E-state index in [9.17, 15) is 4.79 Å². The van der Waals surface area contributed by atoms with E-state index in [1.807, 2.05) is 49.6 Å². The molecular weight excluding hydrogens is 310 g/mol. The summed E-state index contributed by atoms with van der Waals surface area (Å²) in [6.07, 6.45) is 0. The molecule has 2 unspecified atom stereocenters. The van der Waals surface area contributed by atoms with Gasteiger partial charge in [0.2, 0.25) is 5.91 Å². The average molecular weight is 326 g/mol. The second-order valence-electron chi connectivity index (χ2n) is 4.50. The Bertz CT molecular complexity index is 554. The molecule has 0 fully saturated rings. The van der Waals surface area contributed by atoms with Crippen LogP contribution in [0.3, 0.4) is 0 Å². The largest absolute Gasteiger partial charge is 0.349 e. The number of hydrogen-bond donors (Lipinski definition) is 1. The maximum atomic E-state index is 12.2. The Balaban J connectivity index is 1.90. The smallest absolute Gasteiger partial charge is 0.233 e. The van der Waals surface area contributed by atoms with Crippen molar-refractivity contribution in [3.63, 3.8) is 0 Å². The lowest BCUT2D eigenvalue weighted by molar-refractivity contribution is -0.120. The monoisotopic (exact) mass is 325 g/mol. The van der Waals surface area contributed by atoms with Gasteiger partial charge in [0.05, 0.1) is 11.3 Å². The third-order valence-corrected chi connectivity index (χ3v) is 4.96. The van der Waals surface area contributed by atoms with Gasteiger partial charge in [-0.1, -0.05) is 11.6 Å². The molecule has 2 aromatic rings. The number of thioether (sulfide) groups is 1. The molecule has 2 rings (SSSR count). The predicted octanol–water partition coefficient (Wildman–Crippen LogP) is 4.76. The van der Waals surface area contributed by atoms with Gasteiger partial charge < -0.3 is 5.32 Å². The number of hydrogen-bond acceptors (Lipinski definition) is 3. The number of nitrogens with one attached hydrogen (secondary N) is 1. The first kappa shape index (κ1) is 15.4. The van der Waals surface area contributed by atoms with Crippen LogP contribution < -0.4 is 5.32 Å². The van der Waals surface area contributed by atoms with Crippen molar-refractivity contribution < 1.29 is 4.79 Å². The summed E-state index contributed by atoms with van der Waals surface area (Å²) in [7, 11) is 0. The molecule has 0 aliphatic carbocycles. The van der Waals surface area contributed by atoms with Gasteiger partial charge >= 0.3 is 0 Å². The Hall–Kier alpha value is -0.970. The number of carbonyl (C=O) groups excluding carboxylic acids is 1. The number of thiophene rings is 1. The molecule has 0 aliphatic rings. The molecule has 106 valence electrons. The maximum absolute atomic E-state index is 12.2. The fourth-order valence-corrected chi connectivity index (χ4v) is 3.46. The van der Waals surface area contributed by atoms with Crippen molar-refractivity contribution >= 4 is 40.6 Å². The van der Waals surface area contributed by atoms with Crippen molar-refractivity contribution in [1.82, 2.24) is 5.32 Å². The van der Waals surface area contributed by atoms with E-state index in [4.69, 9.17) is 11.6 Å². The highest BCUT2D eigenvalue weighted by molar-refractivity contribution is 8.00. The lowest BCUT2D eigenvalue weighted by Gasteiger charge is -2.16. The van der Waals surface area contributed by atoms with E-state index in [1.54, 1.807) is 11.3 Å². The molecule has 1 aromatic carbocycles. The molecule has 2 nitrogen and oxygen atoms in total. The molecule has 20 heavy (non-hydrogen) atoms. The lowest BCUT2D eigenvalue weighted by Crippen LogP contribution is -2.32. The van der Waals surface area contributed by atoms with E-state index in [-0.39, 0.29) is 17.2 Å². The molecule has 0 saturated heterocycles. The first-order valence-corrected chi connectivity index (χ1v) is 8.51. The fraction of sp³-hybridized carbons (Fsp3) is 0.267. The summed E-state index contributed by atoms with van der Waals surface area (Å²) in [6.45, 7) is 3.91. The van der Waals surface area contributed by atoms with Gasteiger partial charge in [0.25, 0.3) is 0 Å². The molecule has 1 heterocycles. The summed E-state index contributed by atoms with van der Waals surface area (Å²) in [6, 6.07) is 9.61. The summed E-state index contributed by atoms with van der Waals surface area (Å²) < 4.78 is 0. The van der Waals surface area contributed by atoms with Crippen LogP contribution in [0, 0.1) is 0 Å². The highest BCUT2D eigenvalue weighted by Crippen LogP contribution is 2.25. The highest BCUT2D eigenvalue weighted by atomic mass is 35.5. The second kappa shape index (κ2) is 7.16. The third-order valence-electron chi connectivity index (χ3n) is 2.90. The van der Waals surface area contributed by atoms with Crippen LogP contribution in [0.15, 0.2) is 46.0 Å². The van der Waals surface area contributed by atoms with Gasteiger partial charge in [0, 0.05) is 9.92 Å². The zero-order valence-electron chi connectivity index (χ0n) is 11.3. The normalized spacial score (nSPS) is 13.8. The van der Waals surface area contributed by atoms with Crippen molar-refractivity contribution in [3.05, 3.63) is 51.7 Å². The van der Waals surface area contributed by atoms with E-state index in [0.717, 1.165) is 10.5 Å². The van der Waals surface area contributed by atoms with E-state index < -0.39 is 0 Å². The number of rotatable bonds is 5. The van der Waals surface area contributed by atoms with Crippen LogP contribution in [-0.2, 0) is 4.79 Å². The van der Waals surface area contributed by atoms with Gasteiger partial charge in [-0.2, -0.15) is 11.3 Å². The summed E-state index contributed by atoms with van der Waals surface area (Å²) in [5, 5.41) is 7.67. The van der Waals surface area contributed by atoms with E-state index in [2.05, 4.69) is 10.7 Å². The van der Waals surface area contributed by atoms with Crippen LogP contribution in [0.4, 0.5) is 0 Å². The van der Waals surface area contributed by atoms with Crippen molar-refractivity contribution in [2.45, 2.75) is 30.0 Å². The standard InChI is InChI=1S/C15H16ClNOS2/c1-10(12-7-8-19-9-12)17-15(18)11(2)20-14-5-3-13(16)4-6-14/h3-11H,1-2H3,(H,17,18). The summed E-state index contributed by atoms with van der Waals surface area (Å²) in [5.41, 5.74) is 1.15. The van der Waals surface area contributed by atoms with Crippen LogP contribution in [-0.4, -0.2) is 11.2 Å². The summed E-state index contributed by atoms with van der Waals surface area (Å²) >= 11 is 9.02. The molecule has 0 spiro atoms. The lowest BCUT2D eigenvalue weighted by atomic mass is 10.2. The fourth-order valence-electron chi connectivity index (χ4n) is 1.71. The zero-order valence-corrected chi connectivity index (χ0v) is 13.7. The minimum Gasteiger partial charge on any atom is -0.349 e. The van der Waals surface area contributed by atoms with Gasteiger partial charge in [-0.25, -0.2) is 0 Å². The van der Waals surface area contributed by atoms with Crippen LogP contribution in [0.1, 0.15) is 25.5 Å². The molecule has 0 aliphatic heterocycles. The minimum atomic E-state index is -0.141. The van der Waals surface area contributed by atoms with Crippen LogP contribution >= 0.6 is 34.7 Å². The Kier molecular flexibility index (Phi) is 5.52. The van der Waals surface area contributed by atoms with Crippen LogP contribution in [0.5, 0.6) is 0 Å². The molecule has 0 saturated carbocycles. The molecule has 1 amide bonds. The van der Waals surface area contributed by atoms with Crippen LogP contribution in [0.25, 0.3) is 0 Å². The first-order chi connectivity index (χ1) is 9.56. The summed E-state index contributed by atoms with van der Waals surface area (Å²) in [4.78, 5) is 13.2. The highest BCUT2D eigenvalue weighted by Gasteiger charge is 2.17. The number of amides is 1. The Morgan fingerprint density at radius 3 is 2.55 bits per heavy atom. The molecule has 1 aromatic heterocycles. The third kappa shape index (κ3) is 4.27. The first-order valence-electron chi connectivity index (χ1n) is 6.31. The van der Waals surface area contributed by atoms with E-state index in [1.165, 1.54) is 11.8 Å². The quantitative estimate of drug-likeness (QED) is 0.803. The summed E-state index contributed by atoms with van der Waals surface area (Å²) in [5.74, 6) is 0.0450. The van der Waals surface area contributed by atoms with Gasteiger partial charge in [0.15, 0.2) is 0 Å². The van der Waals surface area contributed by atoms with Gasteiger partial charge in [-0.15, -0.1) is 11.8 Å². The van der Waals surface area contributed by atoms with Gasteiger partial charge in [0.1, 0.15) is 0 Å². The van der Waals surface area contributed by atoms with Gasteiger partial charge in [-0.05, 0) is 60.5 Å². The minimum absolute atomic E-state index is 0.0435. The van der Waals surface area contributed by atoms with Crippen molar-refractivity contribution in [1.29, 1.82) is 0 Å². The van der Waals surface area contributed by atoms with Crippen molar-refractivity contribution in [3.8, 4) is 0 Å². The molecule has 2 atom stereocenters. The Labute approximate surface area is 132 Å². The predicted molar refractivity (Wildman–Crippen MR) is 87.6 cm³/mol. The second-order valence-corrected chi connectivity index (χ2v) is 7.13. The topological polar surface area (TPSA) is 29.1 Å².